The lowest BCUT2D eigenvalue weighted by molar-refractivity contribution is 0.0951. The summed E-state index contributed by atoms with van der Waals surface area (Å²) in [5.41, 5.74) is 3.38. The van der Waals surface area contributed by atoms with Crippen LogP contribution in [0.2, 0.25) is 0 Å². The van der Waals surface area contributed by atoms with Gasteiger partial charge in [0.1, 0.15) is 0 Å². The fraction of sp³-hybridized carbons (Fsp3) is 0.167. The highest BCUT2D eigenvalue weighted by molar-refractivity contribution is 7.98. The maximum absolute atomic E-state index is 12.3. The van der Waals surface area contributed by atoms with Crippen molar-refractivity contribution in [2.24, 2.45) is 7.05 Å². The van der Waals surface area contributed by atoms with Crippen molar-refractivity contribution in [2.75, 3.05) is 6.26 Å². The second-order valence-corrected chi connectivity index (χ2v) is 6.20. The Labute approximate surface area is 145 Å². The van der Waals surface area contributed by atoms with Crippen molar-refractivity contribution in [1.29, 1.82) is 0 Å². The molecule has 24 heavy (non-hydrogen) atoms. The maximum Gasteiger partial charge on any atom is 0.251 e. The Balaban J connectivity index is 1.73. The Kier molecular flexibility index (Phi) is 4.96. The number of aryl methyl sites for hydroxylation is 1. The minimum Gasteiger partial charge on any atom is -0.348 e. The number of benzene rings is 1. The van der Waals surface area contributed by atoms with E-state index in [0.717, 1.165) is 21.7 Å². The molecule has 122 valence electrons. The molecule has 1 N–H and O–H groups in total. The highest BCUT2D eigenvalue weighted by atomic mass is 32.2. The largest absolute Gasteiger partial charge is 0.348 e. The first kappa shape index (κ1) is 16.3. The fourth-order valence-corrected chi connectivity index (χ4v) is 2.81. The number of nitrogens with one attached hydrogen (secondary N) is 1. The molecule has 0 radical (unpaired) electrons. The zero-order valence-corrected chi connectivity index (χ0v) is 14.4. The van der Waals surface area contributed by atoms with Crippen molar-refractivity contribution in [2.45, 2.75) is 11.4 Å². The number of carbonyl (C=O) groups is 1. The highest BCUT2D eigenvalue weighted by Crippen LogP contribution is 2.20. The van der Waals surface area contributed by atoms with Crippen LogP contribution in [-0.2, 0) is 13.6 Å². The molecule has 0 saturated carbocycles. The quantitative estimate of drug-likeness (QED) is 0.726. The van der Waals surface area contributed by atoms with E-state index in [0.29, 0.717) is 12.1 Å². The van der Waals surface area contributed by atoms with Crippen molar-refractivity contribution in [3.63, 3.8) is 0 Å². The molecule has 6 heteroatoms. The lowest BCUT2D eigenvalue weighted by atomic mass is 10.1. The van der Waals surface area contributed by atoms with Gasteiger partial charge in [-0.15, -0.1) is 11.8 Å². The number of rotatable bonds is 5. The van der Waals surface area contributed by atoms with Crippen LogP contribution >= 0.6 is 11.8 Å². The number of hydrogen-bond donors (Lipinski definition) is 1. The van der Waals surface area contributed by atoms with Crippen LogP contribution in [0.4, 0.5) is 0 Å². The molecule has 1 amide bonds. The summed E-state index contributed by atoms with van der Waals surface area (Å²) >= 11 is 1.65. The van der Waals surface area contributed by atoms with Gasteiger partial charge in [-0.2, -0.15) is 5.10 Å². The molecular formula is C18H18N4OS. The van der Waals surface area contributed by atoms with Crippen LogP contribution in [-0.4, -0.2) is 26.9 Å². The molecule has 0 aliphatic heterocycles. The van der Waals surface area contributed by atoms with Crippen LogP contribution in [0.1, 0.15) is 15.9 Å². The molecule has 0 aliphatic rings. The van der Waals surface area contributed by atoms with E-state index in [-0.39, 0.29) is 5.91 Å². The van der Waals surface area contributed by atoms with E-state index in [2.05, 4.69) is 15.4 Å². The second-order valence-electron chi connectivity index (χ2n) is 5.32. The Hall–Kier alpha value is -2.60. The molecule has 0 fully saturated rings. The summed E-state index contributed by atoms with van der Waals surface area (Å²) in [6.45, 7) is 0.418. The van der Waals surface area contributed by atoms with E-state index in [1.54, 1.807) is 28.8 Å². The van der Waals surface area contributed by atoms with Gasteiger partial charge in [0.25, 0.3) is 5.91 Å². The lowest BCUT2D eigenvalue weighted by Gasteiger charge is -2.09. The molecule has 0 bridgehead atoms. The summed E-state index contributed by atoms with van der Waals surface area (Å²) in [7, 11) is 1.87. The summed E-state index contributed by atoms with van der Waals surface area (Å²) in [6.07, 6.45) is 7.44. The van der Waals surface area contributed by atoms with Gasteiger partial charge in [0.2, 0.25) is 0 Å². The lowest BCUT2D eigenvalue weighted by Crippen LogP contribution is -2.23. The van der Waals surface area contributed by atoms with Crippen LogP contribution in [0.5, 0.6) is 0 Å². The van der Waals surface area contributed by atoms with Gasteiger partial charge in [0.05, 0.1) is 11.9 Å². The molecule has 3 rings (SSSR count). The fourth-order valence-electron chi connectivity index (χ4n) is 2.40. The average Bonchev–Trinajstić information content (AvgIpc) is 3.06. The summed E-state index contributed by atoms with van der Waals surface area (Å²) in [6, 6.07) is 11.4. The van der Waals surface area contributed by atoms with E-state index in [4.69, 9.17) is 0 Å². The van der Waals surface area contributed by atoms with Gasteiger partial charge in [-0.25, -0.2) is 0 Å². The van der Waals surface area contributed by atoms with Gasteiger partial charge in [0, 0.05) is 42.0 Å². The van der Waals surface area contributed by atoms with Gasteiger partial charge < -0.3 is 5.32 Å². The van der Waals surface area contributed by atoms with Crippen molar-refractivity contribution >= 4 is 17.7 Å². The van der Waals surface area contributed by atoms with Crippen molar-refractivity contribution in [3.8, 4) is 11.3 Å². The van der Waals surface area contributed by atoms with Crippen LogP contribution in [0.25, 0.3) is 11.3 Å². The Morgan fingerprint density at radius 3 is 2.71 bits per heavy atom. The number of aromatic nitrogens is 3. The number of amides is 1. The molecule has 5 nitrogen and oxygen atoms in total. The molecular weight excluding hydrogens is 320 g/mol. The number of carbonyl (C=O) groups excluding carboxylic acids is 1. The molecule has 0 atom stereocenters. The Bertz CT molecular complexity index is 842. The number of hydrogen-bond acceptors (Lipinski definition) is 4. The molecule has 2 aromatic heterocycles. The zero-order valence-electron chi connectivity index (χ0n) is 13.6. The number of thioether (sulfide) groups is 1. The molecule has 1 aromatic carbocycles. The molecule has 0 aliphatic carbocycles. The van der Waals surface area contributed by atoms with Crippen molar-refractivity contribution in [1.82, 2.24) is 20.1 Å². The molecule has 0 saturated heterocycles. The van der Waals surface area contributed by atoms with Crippen LogP contribution in [0, 0.1) is 0 Å². The zero-order chi connectivity index (χ0) is 16.9. The third-order valence-corrected chi connectivity index (χ3v) is 4.40. The summed E-state index contributed by atoms with van der Waals surface area (Å²) < 4.78 is 1.74. The standard InChI is InChI=1S/C18H18N4OS/c1-22-12-15(11-21-22)17-14(4-3-9-19-17)10-20-18(23)13-5-7-16(24-2)8-6-13/h3-9,11-12H,10H2,1-2H3,(H,20,23). The van der Waals surface area contributed by atoms with Crippen molar-refractivity contribution in [3.05, 3.63) is 66.1 Å². The Morgan fingerprint density at radius 2 is 2.04 bits per heavy atom. The topological polar surface area (TPSA) is 59.8 Å². The van der Waals surface area contributed by atoms with Gasteiger partial charge in [-0.05, 0) is 42.2 Å². The van der Waals surface area contributed by atoms with Crippen LogP contribution in [0.3, 0.4) is 0 Å². The van der Waals surface area contributed by atoms with E-state index in [1.165, 1.54) is 0 Å². The average molecular weight is 338 g/mol. The van der Waals surface area contributed by atoms with Gasteiger partial charge in [-0.3, -0.25) is 14.5 Å². The third kappa shape index (κ3) is 3.65. The highest BCUT2D eigenvalue weighted by Gasteiger charge is 2.10. The first-order chi connectivity index (χ1) is 11.7. The third-order valence-electron chi connectivity index (χ3n) is 3.66. The predicted octanol–water partition coefficient (Wildman–Crippen LogP) is 3.13. The Morgan fingerprint density at radius 1 is 1.25 bits per heavy atom. The first-order valence-electron chi connectivity index (χ1n) is 7.52. The summed E-state index contributed by atoms with van der Waals surface area (Å²) in [5, 5.41) is 7.14. The molecule has 0 spiro atoms. The number of pyridine rings is 1. The van der Waals surface area contributed by atoms with E-state index in [9.17, 15) is 4.79 Å². The molecule has 0 unspecified atom stereocenters. The summed E-state index contributed by atoms with van der Waals surface area (Å²) in [5.74, 6) is -0.0938. The van der Waals surface area contributed by atoms with Gasteiger partial charge >= 0.3 is 0 Å². The normalized spacial score (nSPS) is 10.6. The second kappa shape index (κ2) is 7.31. The van der Waals surface area contributed by atoms with E-state index >= 15 is 0 Å². The molecule has 2 heterocycles. The predicted molar refractivity (Wildman–Crippen MR) is 95.8 cm³/mol. The smallest absolute Gasteiger partial charge is 0.251 e. The minimum atomic E-state index is -0.0938. The monoisotopic (exact) mass is 338 g/mol. The van der Waals surface area contributed by atoms with Gasteiger partial charge in [-0.1, -0.05) is 6.07 Å². The maximum atomic E-state index is 12.3. The summed E-state index contributed by atoms with van der Waals surface area (Å²) in [4.78, 5) is 17.9. The van der Waals surface area contributed by atoms with Crippen LogP contribution in [0.15, 0.2) is 59.9 Å². The minimum absolute atomic E-state index is 0.0938. The van der Waals surface area contributed by atoms with Crippen molar-refractivity contribution < 1.29 is 4.79 Å². The molecule has 3 aromatic rings. The van der Waals surface area contributed by atoms with E-state index < -0.39 is 0 Å². The first-order valence-corrected chi connectivity index (χ1v) is 8.75. The van der Waals surface area contributed by atoms with Gasteiger partial charge in [0.15, 0.2) is 0 Å². The van der Waals surface area contributed by atoms with Crippen LogP contribution < -0.4 is 5.32 Å². The number of nitrogens with zero attached hydrogens (tertiary/aromatic N) is 3. The SMILES string of the molecule is CSc1ccc(C(=O)NCc2cccnc2-c2cnn(C)c2)cc1. The van der Waals surface area contributed by atoms with E-state index in [1.807, 2.05) is 55.9 Å².